The number of aromatic nitrogens is 2. The van der Waals surface area contributed by atoms with E-state index in [-0.39, 0.29) is 10.6 Å². The number of halogens is 1. The van der Waals surface area contributed by atoms with Crippen molar-refractivity contribution in [3.05, 3.63) is 59.2 Å². The Morgan fingerprint density at radius 2 is 1.89 bits per heavy atom. The number of H-pyrrole nitrogens is 1. The molecule has 146 valence electrons. The van der Waals surface area contributed by atoms with Crippen molar-refractivity contribution in [2.75, 3.05) is 14.2 Å². The average molecular weight is 421 g/mol. The van der Waals surface area contributed by atoms with Gasteiger partial charge in [-0.1, -0.05) is 23.7 Å². The van der Waals surface area contributed by atoms with E-state index in [4.69, 9.17) is 21.1 Å². The van der Waals surface area contributed by atoms with E-state index in [1.54, 1.807) is 12.1 Å². The van der Waals surface area contributed by atoms with Crippen LogP contribution in [0, 0.1) is 0 Å². The van der Waals surface area contributed by atoms with E-state index in [1.807, 2.05) is 12.1 Å². The number of nitrogens with zero attached hydrogens (tertiary/aromatic N) is 2. The highest BCUT2D eigenvalue weighted by Gasteiger charge is 2.19. The summed E-state index contributed by atoms with van der Waals surface area (Å²) in [5.74, 6) is 0.623. The van der Waals surface area contributed by atoms with E-state index in [0.717, 1.165) is 5.56 Å². The number of aromatic amines is 1. The van der Waals surface area contributed by atoms with Gasteiger partial charge in [0.05, 0.1) is 32.3 Å². The van der Waals surface area contributed by atoms with Crippen LogP contribution in [0.5, 0.6) is 11.5 Å². The average Bonchev–Trinajstić information content (AvgIpc) is 3.16. The summed E-state index contributed by atoms with van der Waals surface area (Å²) in [6, 6.07) is 11.5. The number of nitrogens with one attached hydrogen (secondary N) is 2. The van der Waals surface area contributed by atoms with Crippen molar-refractivity contribution in [3.63, 3.8) is 0 Å². The first-order valence-electron chi connectivity index (χ1n) is 8.01. The molecule has 0 aliphatic heterocycles. The minimum atomic E-state index is -3.94. The molecule has 1 aromatic heterocycles. The highest BCUT2D eigenvalue weighted by Crippen LogP contribution is 2.28. The SMILES string of the molecule is COc1ccc(S(=O)(=O)NN=Cc2cn[nH]c2-c2ccc(Cl)cc2)c(OC)c1. The number of sulfonamides is 1. The number of hydrogen-bond acceptors (Lipinski definition) is 6. The Morgan fingerprint density at radius 3 is 2.57 bits per heavy atom. The van der Waals surface area contributed by atoms with E-state index in [9.17, 15) is 8.42 Å². The molecule has 0 amide bonds. The van der Waals surface area contributed by atoms with E-state index < -0.39 is 10.0 Å². The van der Waals surface area contributed by atoms with Crippen LogP contribution < -0.4 is 14.3 Å². The Labute approximate surface area is 167 Å². The van der Waals surface area contributed by atoms with Gasteiger partial charge in [0.1, 0.15) is 16.4 Å². The maximum atomic E-state index is 12.5. The Kier molecular flexibility index (Phi) is 5.86. The third-order valence-electron chi connectivity index (χ3n) is 3.84. The molecule has 0 fully saturated rings. The summed E-state index contributed by atoms with van der Waals surface area (Å²) in [6.45, 7) is 0. The number of hydrogen-bond donors (Lipinski definition) is 2. The van der Waals surface area contributed by atoms with Crippen molar-refractivity contribution >= 4 is 27.8 Å². The quantitative estimate of drug-likeness (QED) is 0.451. The molecular weight excluding hydrogens is 404 g/mol. The molecule has 0 radical (unpaired) electrons. The first kappa shape index (κ1) is 19.7. The van der Waals surface area contributed by atoms with E-state index in [0.29, 0.717) is 22.0 Å². The van der Waals surface area contributed by atoms with Gasteiger partial charge in [-0.3, -0.25) is 5.10 Å². The van der Waals surface area contributed by atoms with Crippen LogP contribution >= 0.6 is 11.6 Å². The van der Waals surface area contributed by atoms with Gasteiger partial charge in [0, 0.05) is 22.2 Å². The van der Waals surface area contributed by atoms with Crippen molar-refractivity contribution in [1.82, 2.24) is 15.0 Å². The molecule has 0 aliphatic rings. The van der Waals surface area contributed by atoms with E-state index >= 15 is 0 Å². The van der Waals surface area contributed by atoms with Gasteiger partial charge in [0.15, 0.2) is 0 Å². The highest BCUT2D eigenvalue weighted by molar-refractivity contribution is 7.89. The molecule has 3 rings (SSSR count). The first-order chi connectivity index (χ1) is 13.4. The monoisotopic (exact) mass is 420 g/mol. The minimum absolute atomic E-state index is 0.0573. The zero-order valence-electron chi connectivity index (χ0n) is 15.0. The summed E-state index contributed by atoms with van der Waals surface area (Å²) in [7, 11) is -1.08. The fraction of sp³-hybridized carbons (Fsp3) is 0.111. The lowest BCUT2D eigenvalue weighted by Gasteiger charge is -2.10. The Hall–Kier alpha value is -3.04. The summed E-state index contributed by atoms with van der Waals surface area (Å²) in [6.07, 6.45) is 2.90. The molecule has 1 heterocycles. The van der Waals surface area contributed by atoms with Gasteiger partial charge in [-0.05, 0) is 24.3 Å². The maximum Gasteiger partial charge on any atom is 0.280 e. The lowest BCUT2D eigenvalue weighted by atomic mass is 10.1. The molecule has 0 aliphatic carbocycles. The number of methoxy groups -OCH3 is 2. The molecule has 0 bridgehead atoms. The normalized spacial score (nSPS) is 11.5. The fourth-order valence-electron chi connectivity index (χ4n) is 2.45. The molecule has 0 saturated carbocycles. The Bertz CT molecular complexity index is 1100. The van der Waals surface area contributed by atoms with Crippen molar-refractivity contribution in [2.45, 2.75) is 4.90 Å². The topological polar surface area (TPSA) is 106 Å². The molecule has 28 heavy (non-hydrogen) atoms. The lowest BCUT2D eigenvalue weighted by Crippen LogP contribution is -2.19. The van der Waals surface area contributed by atoms with Gasteiger partial charge < -0.3 is 9.47 Å². The molecule has 3 aromatic rings. The summed E-state index contributed by atoms with van der Waals surface area (Å²) in [5, 5.41) is 11.3. The van der Waals surface area contributed by atoms with Crippen LogP contribution in [0.2, 0.25) is 5.02 Å². The molecule has 0 unspecified atom stereocenters. The molecule has 0 saturated heterocycles. The van der Waals surface area contributed by atoms with Crippen molar-refractivity contribution in [2.24, 2.45) is 5.10 Å². The van der Waals surface area contributed by atoms with Crippen molar-refractivity contribution in [3.8, 4) is 22.8 Å². The standard InChI is InChI=1S/C18H17ClN4O4S/c1-26-15-7-8-17(16(9-15)27-2)28(24,25)23-21-11-13-10-20-22-18(13)12-3-5-14(19)6-4-12/h3-11,23H,1-2H3,(H,20,22). The molecule has 2 aromatic carbocycles. The fourth-order valence-corrected chi connectivity index (χ4v) is 3.52. The predicted octanol–water partition coefficient (Wildman–Crippen LogP) is 3.06. The molecule has 10 heteroatoms. The maximum absolute atomic E-state index is 12.5. The number of hydrazone groups is 1. The second-order valence-corrected chi connectivity index (χ2v) is 7.64. The van der Waals surface area contributed by atoms with Gasteiger partial charge in [0.2, 0.25) is 0 Å². The first-order valence-corrected chi connectivity index (χ1v) is 9.87. The van der Waals surface area contributed by atoms with Crippen LogP contribution in [0.25, 0.3) is 11.3 Å². The highest BCUT2D eigenvalue weighted by atomic mass is 35.5. The number of rotatable bonds is 7. The van der Waals surface area contributed by atoms with Crippen LogP contribution in [-0.4, -0.2) is 39.0 Å². The van der Waals surface area contributed by atoms with Crippen LogP contribution in [0.3, 0.4) is 0 Å². The van der Waals surface area contributed by atoms with Crippen molar-refractivity contribution in [1.29, 1.82) is 0 Å². The van der Waals surface area contributed by atoms with Crippen LogP contribution in [0.4, 0.5) is 0 Å². The summed E-state index contributed by atoms with van der Waals surface area (Å²) >= 11 is 5.90. The predicted molar refractivity (Wildman–Crippen MR) is 106 cm³/mol. The number of benzene rings is 2. The van der Waals surface area contributed by atoms with E-state index in [1.165, 1.54) is 44.8 Å². The second-order valence-electron chi connectivity index (χ2n) is 5.58. The molecular formula is C18H17ClN4O4S. The molecule has 0 spiro atoms. The third-order valence-corrected chi connectivity index (χ3v) is 5.35. The lowest BCUT2D eigenvalue weighted by molar-refractivity contribution is 0.386. The second kappa shape index (κ2) is 8.32. The van der Waals surface area contributed by atoms with Gasteiger partial charge in [-0.25, -0.2) is 0 Å². The molecule has 2 N–H and O–H groups in total. The smallest absolute Gasteiger partial charge is 0.280 e. The Balaban J connectivity index is 1.82. The van der Waals surface area contributed by atoms with Gasteiger partial charge in [-0.2, -0.15) is 23.4 Å². The minimum Gasteiger partial charge on any atom is -0.497 e. The van der Waals surface area contributed by atoms with Gasteiger partial charge in [0.25, 0.3) is 10.0 Å². The van der Waals surface area contributed by atoms with Crippen LogP contribution in [0.15, 0.2) is 58.7 Å². The van der Waals surface area contributed by atoms with Gasteiger partial charge in [-0.15, -0.1) is 0 Å². The Morgan fingerprint density at radius 1 is 1.14 bits per heavy atom. The molecule has 0 atom stereocenters. The third kappa shape index (κ3) is 4.26. The number of ether oxygens (including phenoxy) is 2. The van der Waals surface area contributed by atoms with Crippen molar-refractivity contribution < 1.29 is 17.9 Å². The van der Waals surface area contributed by atoms with Crippen LogP contribution in [0.1, 0.15) is 5.56 Å². The van der Waals surface area contributed by atoms with Crippen LogP contribution in [-0.2, 0) is 10.0 Å². The largest absolute Gasteiger partial charge is 0.497 e. The van der Waals surface area contributed by atoms with Gasteiger partial charge >= 0.3 is 0 Å². The summed E-state index contributed by atoms with van der Waals surface area (Å²) in [4.78, 5) is 2.11. The zero-order chi connectivity index (χ0) is 20.1. The molecule has 8 nitrogen and oxygen atoms in total. The summed E-state index contributed by atoms with van der Waals surface area (Å²) < 4.78 is 35.3. The summed E-state index contributed by atoms with van der Waals surface area (Å²) in [5.41, 5.74) is 2.12. The zero-order valence-corrected chi connectivity index (χ0v) is 16.6. The van der Waals surface area contributed by atoms with E-state index in [2.05, 4.69) is 20.1 Å².